The fraction of sp³-hybridized carbons (Fsp3) is 0.308. The number of anilines is 1. The first-order valence-corrected chi connectivity index (χ1v) is 5.19. The Morgan fingerprint density at radius 1 is 1.00 bits per heavy atom. The lowest BCUT2D eigenvalue weighted by Crippen LogP contribution is -2.26. The summed E-state index contributed by atoms with van der Waals surface area (Å²) in [6.07, 6.45) is 0. The highest BCUT2D eigenvalue weighted by Crippen LogP contribution is 2.17. The molecule has 0 saturated heterocycles. The number of hydrogen-bond acceptors (Lipinski definition) is 2. The van der Waals surface area contributed by atoms with Gasteiger partial charge in [-0.1, -0.05) is 18.2 Å². The molecule has 0 amide bonds. The number of rotatable bonds is 1. The molecule has 0 fully saturated rings. The highest BCUT2D eigenvalue weighted by molar-refractivity contribution is 5.80. The summed E-state index contributed by atoms with van der Waals surface area (Å²) in [5.74, 6) is 0.932. The molecule has 78 valence electrons. The first kappa shape index (κ1) is 9.97. The van der Waals surface area contributed by atoms with Crippen LogP contribution < -0.4 is 5.32 Å². The third-order valence-electron chi connectivity index (χ3n) is 2.10. The lowest BCUT2D eigenvalue weighted by Gasteiger charge is -2.21. The quantitative estimate of drug-likeness (QED) is 0.762. The second-order valence-corrected chi connectivity index (χ2v) is 4.76. The maximum atomic E-state index is 4.55. The minimum atomic E-state index is 0.0510. The van der Waals surface area contributed by atoms with E-state index in [1.54, 1.807) is 0 Å². The van der Waals surface area contributed by atoms with E-state index >= 15 is 0 Å². The zero-order chi connectivity index (χ0) is 10.9. The number of fused-ring (bicyclic) bond motifs is 1. The fourth-order valence-electron chi connectivity index (χ4n) is 1.52. The molecule has 2 aromatic rings. The summed E-state index contributed by atoms with van der Waals surface area (Å²) >= 11 is 0. The van der Waals surface area contributed by atoms with Gasteiger partial charge in [0.2, 0.25) is 0 Å². The van der Waals surface area contributed by atoms with Gasteiger partial charge in [-0.05, 0) is 39.0 Å². The summed E-state index contributed by atoms with van der Waals surface area (Å²) < 4.78 is 0. The number of aromatic nitrogens is 1. The van der Waals surface area contributed by atoms with Crippen LogP contribution in [0.1, 0.15) is 20.8 Å². The predicted octanol–water partition coefficient (Wildman–Crippen LogP) is 3.45. The van der Waals surface area contributed by atoms with Crippen LogP contribution in [0.2, 0.25) is 0 Å². The third-order valence-corrected chi connectivity index (χ3v) is 2.10. The predicted molar refractivity (Wildman–Crippen MR) is 65.1 cm³/mol. The maximum Gasteiger partial charge on any atom is 0.127 e. The molecule has 0 spiro atoms. The fourth-order valence-corrected chi connectivity index (χ4v) is 1.52. The number of pyridine rings is 1. The van der Waals surface area contributed by atoms with Gasteiger partial charge < -0.3 is 5.32 Å². The van der Waals surface area contributed by atoms with E-state index in [1.165, 1.54) is 5.39 Å². The minimum Gasteiger partial charge on any atom is -0.365 e. The molecule has 0 aliphatic carbocycles. The van der Waals surface area contributed by atoms with Crippen molar-refractivity contribution < 1.29 is 0 Å². The molecule has 1 heterocycles. The van der Waals surface area contributed by atoms with Gasteiger partial charge in [0.25, 0.3) is 0 Å². The summed E-state index contributed by atoms with van der Waals surface area (Å²) in [6, 6.07) is 12.3. The van der Waals surface area contributed by atoms with E-state index in [2.05, 4.69) is 43.2 Å². The van der Waals surface area contributed by atoms with Crippen molar-refractivity contribution in [3.05, 3.63) is 36.4 Å². The molecule has 2 nitrogen and oxygen atoms in total. The van der Waals surface area contributed by atoms with Crippen molar-refractivity contribution in [1.82, 2.24) is 4.98 Å². The Balaban J connectivity index is 2.39. The van der Waals surface area contributed by atoms with Crippen molar-refractivity contribution >= 4 is 16.7 Å². The van der Waals surface area contributed by atoms with Crippen LogP contribution in [0.25, 0.3) is 10.9 Å². The van der Waals surface area contributed by atoms with Crippen LogP contribution in [-0.2, 0) is 0 Å². The third kappa shape index (κ3) is 2.46. The Bertz CT molecular complexity index is 469. The van der Waals surface area contributed by atoms with Crippen LogP contribution in [0.15, 0.2) is 36.4 Å². The van der Waals surface area contributed by atoms with Crippen LogP contribution in [0.4, 0.5) is 5.82 Å². The molecule has 0 unspecified atom stereocenters. The van der Waals surface area contributed by atoms with E-state index in [-0.39, 0.29) is 5.54 Å². The molecule has 0 atom stereocenters. The van der Waals surface area contributed by atoms with Crippen molar-refractivity contribution in [3.63, 3.8) is 0 Å². The lowest BCUT2D eigenvalue weighted by atomic mass is 10.1. The Kier molecular flexibility index (Phi) is 2.35. The van der Waals surface area contributed by atoms with Gasteiger partial charge in [0.15, 0.2) is 0 Å². The van der Waals surface area contributed by atoms with Crippen LogP contribution in [0.3, 0.4) is 0 Å². The zero-order valence-corrected chi connectivity index (χ0v) is 9.41. The SMILES string of the molecule is CC(C)(C)Nc1ccc2ccccc2n1. The molecule has 1 N–H and O–H groups in total. The number of hydrogen-bond donors (Lipinski definition) is 1. The van der Waals surface area contributed by atoms with Gasteiger partial charge in [-0.3, -0.25) is 0 Å². The molecule has 0 radical (unpaired) electrons. The van der Waals surface area contributed by atoms with Crippen LogP contribution in [0.5, 0.6) is 0 Å². The van der Waals surface area contributed by atoms with E-state index in [4.69, 9.17) is 0 Å². The second kappa shape index (κ2) is 3.54. The summed E-state index contributed by atoms with van der Waals surface area (Å²) in [4.78, 5) is 4.55. The van der Waals surface area contributed by atoms with E-state index in [9.17, 15) is 0 Å². The van der Waals surface area contributed by atoms with E-state index in [0.29, 0.717) is 0 Å². The van der Waals surface area contributed by atoms with Crippen molar-refractivity contribution in [2.45, 2.75) is 26.3 Å². The van der Waals surface area contributed by atoms with Crippen molar-refractivity contribution in [2.75, 3.05) is 5.32 Å². The summed E-state index contributed by atoms with van der Waals surface area (Å²) in [7, 11) is 0. The summed E-state index contributed by atoms with van der Waals surface area (Å²) in [5.41, 5.74) is 1.09. The minimum absolute atomic E-state index is 0.0510. The average molecular weight is 200 g/mol. The topological polar surface area (TPSA) is 24.9 Å². The van der Waals surface area contributed by atoms with Gasteiger partial charge in [0.05, 0.1) is 5.52 Å². The van der Waals surface area contributed by atoms with E-state index in [1.807, 2.05) is 24.3 Å². The van der Waals surface area contributed by atoms with Crippen molar-refractivity contribution in [3.8, 4) is 0 Å². The number of nitrogens with zero attached hydrogens (tertiary/aromatic N) is 1. The smallest absolute Gasteiger partial charge is 0.127 e. The number of para-hydroxylation sites is 1. The molecule has 1 aromatic carbocycles. The average Bonchev–Trinajstić information content (AvgIpc) is 2.15. The lowest BCUT2D eigenvalue weighted by molar-refractivity contribution is 0.631. The van der Waals surface area contributed by atoms with E-state index < -0.39 is 0 Å². The monoisotopic (exact) mass is 200 g/mol. The van der Waals surface area contributed by atoms with Gasteiger partial charge in [0, 0.05) is 10.9 Å². The number of nitrogens with one attached hydrogen (secondary N) is 1. The molecule has 15 heavy (non-hydrogen) atoms. The van der Waals surface area contributed by atoms with Gasteiger partial charge in [0.1, 0.15) is 5.82 Å². The normalized spacial score (nSPS) is 11.7. The first-order valence-electron chi connectivity index (χ1n) is 5.19. The molecule has 0 saturated carbocycles. The van der Waals surface area contributed by atoms with Crippen LogP contribution in [0, 0.1) is 0 Å². The Morgan fingerprint density at radius 2 is 1.73 bits per heavy atom. The van der Waals surface area contributed by atoms with Crippen LogP contribution >= 0.6 is 0 Å². The van der Waals surface area contributed by atoms with Crippen molar-refractivity contribution in [2.24, 2.45) is 0 Å². The highest BCUT2D eigenvalue weighted by atomic mass is 15.0. The molecular formula is C13H16N2. The Hall–Kier alpha value is -1.57. The van der Waals surface area contributed by atoms with Gasteiger partial charge >= 0.3 is 0 Å². The standard InChI is InChI=1S/C13H16N2/c1-13(2,3)15-12-9-8-10-6-4-5-7-11(10)14-12/h4-9H,1-3H3,(H,14,15). The molecule has 2 heteroatoms. The molecule has 0 bridgehead atoms. The zero-order valence-electron chi connectivity index (χ0n) is 9.41. The van der Waals surface area contributed by atoms with Gasteiger partial charge in [-0.15, -0.1) is 0 Å². The van der Waals surface area contributed by atoms with E-state index in [0.717, 1.165) is 11.3 Å². The molecule has 0 aliphatic heterocycles. The Morgan fingerprint density at radius 3 is 2.47 bits per heavy atom. The molecular weight excluding hydrogens is 184 g/mol. The number of benzene rings is 1. The van der Waals surface area contributed by atoms with Gasteiger partial charge in [-0.25, -0.2) is 4.98 Å². The summed E-state index contributed by atoms with van der Waals surface area (Å²) in [6.45, 7) is 6.39. The van der Waals surface area contributed by atoms with Crippen LogP contribution in [-0.4, -0.2) is 10.5 Å². The highest BCUT2D eigenvalue weighted by Gasteiger charge is 2.09. The molecule has 1 aromatic heterocycles. The van der Waals surface area contributed by atoms with Gasteiger partial charge in [-0.2, -0.15) is 0 Å². The Labute approximate surface area is 90.3 Å². The first-order chi connectivity index (χ1) is 7.04. The second-order valence-electron chi connectivity index (χ2n) is 4.76. The summed E-state index contributed by atoms with van der Waals surface area (Å²) in [5, 5.41) is 4.54. The molecule has 0 aliphatic rings. The largest absolute Gasteiger partial charge is 0.365 e. The van der Waals surface area contributed by atoms with Crippen molar-refractivity contribution in [1.29, 1.82) is 0 Å². The maximum absolute atomic E-state index is 4.55. The molecule has 2 rings (SSSR count).